The van der Waals surface area contributed by atoms with Crippen molar-refractivity contribution in [3.8, 4) is 17.2 Å². The highest BCUT2D eigenvalue weighted by Crippen LogP contribution is 2.34. The molecule has 1 aliphatic rings. The molecule has 0 amide bonds. The zero-order chi connectivity index (χ0) is 28.0. The normalized spacial score (nSPS) is 13.7. The van der Waals surface area contributed by atoms with E-state index in [0.29, 0.717) is 30.4 Å². The maximum atomic E-state index is 12.6. The summed E-state index contributed by atoms with van der Waals surface area (Å²) in [5.74, 6) is 2.34. The number of hydrogen-bond acceptors (Lipinski definition) is 4. The van der Waals surface area contributed by atoms with E-state index >= 15 is 0 Å². The zero-order valence-corrected chi connectivity index (χ0v) is 24.0. The number of carbonyl (C=O) groups is 1. The van der Waals surface area contributed by atoms with Crippen LogP contribution in [0.15, 0.2) is 84.9 Å². The molecule has 4 nitrogen and oxygen atoms in total. The van der Waals surface area contributed by atoms with Gasteiger partial charge in [-0.3, -0.25) is 0 Å². The van der Waals surface area contributed by atoms with E-state index in [2.05, 4.69) is 49.9 Å². The van der Waals surface area contributed by atoms with Crippen molar-refractivity contribution in [1.29, 1.82) is 0 Å². The van der Waals surface area contributed by atoms with Gasteiger partial charge in [-0.1, -0.05) is 69.0 Å². The van der Waals surface area contributed by atoms with Crippen molar-refractivity contribution in [1.82, 2.24) is 0 Å². The van der Waals surface area contributed by atoms with E-state index in [-0.39, 0.29) is 5.97 Å². The van der Waals surface area contributed by atoms with Crippen molar-refractivity contribution >= 4 is 5.97 Å². The fourth-order valence-corrected chi connectivity index (χ4v) is 5.14. The Hall–Kier alpha value is -3.53. The average Bonchev–Trinajstić information content (AvgIpc) is 2.99. The third-order valence-electron chi connectivity index (χ3n) is 7.66. The molecular weight excluding hydrogens is 496 g/mol. The summed E-state index contributed by atoms with van der Waals surface area (Å²) in [7, 11) is 0. The summed E-state index contributed by atoms with van der Waals surface area (Å²) in [5.41, 5.74) is 4.57. The van der Waals surface area contributed by atoms with Gasteiger partial charge in [-0.25, -0.2) is 4.79 Å². The fraction of sp³-hybridized carbons (Fsp3) is 0.417. The summed E-state index contributed by atoms with van der Waals surface area (Å²) in [4.78, 5) is 12.6. The van der Waals surface area contributed by atoms with Gasteiger partial charge in [0.25, 0.3) is 0 Å². The third-order valence-corrected chi connectivity index (χ3v) is 7.66. The molecule has 0 heterocycles. The smallest absolute Gasteiger partial charge is 0.343 e. The summed E-state index contributed by atoms with van der Waals surface area (Å²) in [6.07, 6.45) is 12.9. The Labute approximate surface area is 240 Å². The Morgan fingerprint density at radius 1 is 0.725 bits per heavy atom. The van der Waals surface area contributed by atoms with Gasteiger partial charge < -0.3 is 14.2 Å². The number of ether oxygens (including phenoxy) is 3. The Morgan fingerprint density at radius 2 is 1.30 bits per heavy atom. The summed E-state index contributed by atoms with van der Waals surface area (Å²) in [6, 6.07) is 23.5. The highest BCUT2D eigenvalue weighted by atomic mass is 16.5. The van der Waals surface area contributed by atoms with Crippen LogP contribution in [-0.2, 0) is 6.42 Å². The Kier molecular flexibility index (Phi) is 11.7. The average molecular weight is 541 g/mol. The van der Waals surface area contributed by atoms with Gasteiger partial charge in [0.15, 0.2) is 0 Å². The molecule has 0 unspecified atom stereocenters. The number of benzene rings is 3. The van der Waals surface area contributed by atoms with E-state index in [1.807, 2.05) is 24.3 Å². The maximum Gasteiger partial charge on any atom is 0.343 e. The predicted octanol–water partition coefficient (Wildman–Crippen LogP) is 9.48. The third kappa shape index (κ3) is 9.59. The highest BCUT2D eigenvalue weighted by Gasteiger charge is 2.18. The molecular formula is C36H44O4. The van der Waals surface area contributed by atoms with Crippen LogP contribution in [0.4, 0.5) is 0 Å². The summed E-state index contributed by atoms with van der Waals surface area (Å²) in [6.45, 7) is 7.50. The minimum absolute atomic E-state index is 0.352. The molecule has 4 heteroatoms. The molecule has 3 aromatic carbocycles. The lowest BCUT2D eigenvalue weighted by molar-refractivity contribution is 0.0734. The van der Waals surface area contributed by atoms with Crippen LogP contribution in [0.2, 0.25) is 0 Å². The Morgan fingerprint density at radius 3 is 1.93 bits per heavy atom. The van der Waals surface area contributed by atoms with Gasteiger partial charge in [0.2, 0.25) is 0 Å². The molecule has 0 N–H and O–H groups in total. The molecule has 0 aliphatic heterocycles. The van der Waals surface area contributed by atoms with Crippen LogP contribution < -0.4 is 14.2 Å². The van der Waals surface area contributed by atoms with E-state index < -0.39 is 0 Å². The number of allylic oxidation sites excluding steroid dienone is 1. The van der Waals surface area contributed by atoms with Gasteiger partial charge in [0.1, 0.15) is 17.2 Å². The van der Waals surface area contributed by atoms with Crippen LogP contribution in [0.3, 0.4) is 0 Å². The molecule has 0 aromatic heterocycles. The number of aryl methyl sites for hydroxylation is 1. The lowest BCUT2D eigenvalue weighted by Gasteiger charge is -2.23. The zero-order valence-electron chi connectivity index (χ0n) is 24.0. The van der Waals surface area contributed by atoms with Gasteiger partial charge in [0, 0.05) is 6.42 Å². The number of esters is 1. The van der Waals surface area contributed by atoms with Gasteiger partial charge >= 0.3 is 5.97 Å². The molecule has 4 rings (SSSR count). The molecule has 0 spiro atoms. The van der Waals surface area contributed by atoms with Gasteiger partial charge in [0.05, 0.1) is 18.8 Å². The van der Waals surface area contributed by atoms with Crippen molar-refractivity contribution in [3.05, 3.63) is 102 Å². The van der Waals surface area contributed by atoms with Crippen molar-refractivity contribution in [2.45, 2.75) is 83.5 Å². The van der Waals surface area contributed by atoms with Crippen LogP contribution >= 0.6 is 0 Å². The van der Waals surface area contributed by atoms with Crippen LogP contribution in [0, 0.1) is 0 Å². The summed E-state index contributed by atoms with van der Waals surface area (Å²) >= 11 is 0. The van der Waals surface area contributed by atoms with Crippen molar-refractivity contribution in [3.63, 3.8) is 0 Å². The first-order valence-corrected chi connectivity index (χ1v) is 15.0. The van der Waals surface area contributed by atoms with Crippen LogP contribution in [0.5, 0.6) is 17.2 Å². The SMILES string of the molecule is C=C1CCC(c2ccc(C(=O)Oc3ccc(OCCCOc4ccc(CCCCCCC)cc4)cc3)cc2)CC1. The van der Waals surface area contributed by atoms with Gasteiger partial charge in [-0.05, 0) is 104 Å². The topological polar surface area (TPSA) is 44.8 Å². The fourth-order valence-electron chi connectivity index (χ4n) is 5.14. The molecule has 0 saturated heterocycles. The van der Waals surface area contributed by atoms with Gasteiger partial charge in [-0.15, -0.1) is 0 Å². The lowest BCUT2D eigenvalue weighted by Crippen LogP contribution is -2.10. The second-order valence-corrected chi connectivity index (χ2v) is 10.9. The Balaban J connectivity index is 1.11. The maximum absolute atomic E-state index is 12.6. The molecule has 212 valence electrons. The second-order valence-electron chi connectivity index (χ2n) is 10.9. The standard InChI is InChI=1S/C36H44O4/c1-3-4-5-6-7-9-29-12-20-33(21-13-29)38-26-8-27-39-34-22-24-35(25-23-34)40-36(37)32-18-16-31(17-19-32)30-14-10-28(2)11-15-30/h12-13,16-25,30H,2-11,14-15,26-27H2,1H3. The van der Waals surface area contributed by atoms with E-state index in [1.54, 1.807) is 12.1 Å². The summed E-state index contributed by atoms with van der Waals surface area (Å²) < 4.78 is 17.3. The number of hydrogen-bond donors (Lipinski definition) is 0. The second kappa shape index (κ2) is 15.9. The molecule has 0 bridgehead atoms. The minimum Gasteiger partial charge on any atom is -0.493 e. The quantitative estimate of drug-likeness (QED) is 0.0833. The van der Waals surface area contributed by atoms with E-state index in [9.17, 15) is 4.79 Å². The highest BCUT2D eigenvalue weighted by molar-refractivity contribution is 5.91. The summed E-state index contributed by atoms with van der Waals surface area (Å²) in [5, 5.41) is 0. The molecule has 1 aliphatic carbocycles. The first kappa shape index (κ1) is 29.5. The van der Waals surface area contributed by atoms with Crippen LogP contribution in [-0.4, -0.2) is 19.2 Å². The first-order valence-electron chi connectivity index (χ1n) is 15.0. The number of unbranched alkanes of at least 4 members (excludes halogenated alkanes) is 4. The molecule has 1 saturated carbocycles. The molecule has 3 aromatic rings. The predicted molar refractivity (Wildman–Crippen MR) is 163 cm³/mol. The Bertz CT molecular complexity index is 1170. The van der Waals surface area contributed by atoms with Crippen molar-refractivity contribution in [2.24, 2.45) is 0 Å². The van der Waals surface area contributed by atoms with Gasteiger partial charge in [-0.2, -0.15) is 0 Å². The van der Waals surface area contributed by atoms with E-state index in [4.69, 9.17) is 14.2 Å². The molecule has 1 fully saturated rings. The van der Waals surface area contributed by atoms with E-state index in [1.165, 1.54) is 48.8 Å². The minimum atomic E-state index is -0.352. The molecule has 0 radical (unpaired) electrons. The van der Waals surface area contributed by atoms with Crippen molar-refractivity contribution < 1.29 is 19.0 Å². The monoisotopic (exact) mass is 540 g/mol. The largest absolute Gasteiger partial charge is 0.493 e. The number of rotatable bonds is 15. The molecule has 40 heavy (non-hydrogen) atoms. The van der Waals surface area contributed by atoms with E-state index in [0.717, 1.165) is 50.0 Å². The van der Waals surface area contributed by atoms with Crippen LogP contribution in [0.1, 0.15) is 98.5 Å². The van der Waals surface area contributed by atoms with Crippen molar-refractivity contribution in [2.75, 3.05) is 13.2 Å². The first-order chi connectivity index (χ1) is 19.6. The number of carbonyl (C=O) groups excluding carboxylic acids is 1. The lowest BCUT2D eigenvalue weighted by atomic mass is 9.82. The molecule has 0 atom stereocenters. The van der Waals surface area contributed by atoms with Crippen LogP contribution in [0.25, 0.3) is 0 Å².